The Morgan fingerprint density at radius 3 is 2.58 bits per heavy atom. The zero-order valence-electron chi connectivity index (χ0n) is 18.3. The van der Waals surface area contributed by atoms with E-state index in [1.807, 2.05) is 7.05 Å². The van der Waals surface area contributed by atoms with Gasteiger partial charge >= 0.3 is 0 Å². The number of halogens is 1. The molecule has 1 aliphatic heterocycles. The number of hydrogen-bond acceptors (Lipinski definition) is 8. The Morgan fingerprint density at radius 1 is 1.24 bits per heavy atom. The smallest absolute Gasteiger partial charge is 0.270 e. The highest BCUT2D eigenvalue weighted by molar-refractivity contribution is 9.10. The fraction of sp³-hybridized carbons (Fsp3) is 0.348. The summed E-state index contributed by atoms with van der Waals surface area (Å²) < 4.78 is 17.9. The summed E-state index contributed by atoms with van der Waals surface area (Å²) in [5.74, 6) is 0.932. The molecular formula is C23H23BrN2O7. The van der Waals surface area contributed by atoms with Crippen LogP contribution in [-0.4, -0.2) is 55.4 Å². The summed E-state index contributed by atoms with van der Waals surface area (Å²) in [5, 5.41) is 21.4. The molecule has 0 bridgehead atoms. The molecule has 1 aromatic heterocycles. The summed E-state index contributed by atoms with van der Waals surface area (Å²) in [6, 6.07) is 7.09. The predicted molar refractivity (Wildman–Crippen MR) is 126 cm³/mol. The second kappa shape index (κ2) is 9.12. The summed E-state index contributed by atoms with van der Waals surface area (Å²) in [6.45, 7) is 0.708. The molecular weight excluding hydrogens is 496 g/mol. The number of hydrogen-bond donors (Lipinski definition) is 1. The summed E-state index contributed by atoms with van der Waals surface area (Å²) in [7, 11) is 4.94. The van der Waals surface area contributed by atoms with E-state index in [4.69, 9.17) is 13.9 Å². The molecule has 174 valence electrons. The van der Waals surface area contributed by atoms with Gasteiger partial charge in [0.15, 0.2) is 5.43 Å². The third-order valence-electron chi connectivity index (χ3n) is 6.22. The number of aliphatic hydroxyl groups is 1. The first-order chi connectivity index (χ1) is 15.8. The Hall–Kier alpha value is -2.95. The van der Waals surface area contributed by atoms with E-state index < -0.39 is 4.92 Å². The number of nitro benzene ring substituents is 1. The van der Waals surface area contributed by atoms with E-state index >= 15 is 0 Å². The number of non-ortho nitro benzene ring substituents is 1. The third kappa shape index (κ3) is 3.98. The maximum Gasteiger partial charge on any atom is 0.270 e. The van der Waals surface area contributed by atoms with E-state index in [1.54, 1.807) is 6.07 Å². The average molecular weight is 519 g/mol. The Balaban J connectivity index is 2.03. The minimum atomic E-state index is -0.495. The van der Waals surface area contributed by atoms with Gasteiger partial charge in [-0.15, -0.1) is 0 Å². The molecule has 9 nitrogen and oxygen atoms in total. The normalized spacial score (nSPS) is 18.6. The highest BCUT2D eigenvalue weighted by Crippen LogP contribution is 2.45. The largest absolute Gasteiger partial charge is 0.496 e. The second-order valence-corrected chi connectivity index (χ2v) is 8.78. The van der Waals surface area contributed by atoms with E-state index in [1.165, 1.54) is 38.5 Å². The minimum absolute atomic E-state index is 0.0599. The van der Waals surface area contributed by atoms with Crippen LogP contribution in [0.5, 0.6) is 11.5 Å². The molecule has 2 aromatic carbocycles. The van der Waals surface area contributed by atoms with Gasteiger partial charge in [0.2, 0.25) is 0 Å². The van der Waals surface area contributed by atoms with E-state index in [0.29, 0.717) is 32.7 Å². The number of fused-ring (bicyclic) bond motifs is 1. The van der Waals surface area contributed by atoms with E-state index in [-0.39, 0.29) is 40.8 Å². The van der Waals surface area contributed by atoms with E-state index in [0.717, 1.165) is 13.0 Å². The molecule has 1 aliphatic rings. The van der Waals surface area contributed by atoms with Crippen molar-refractivity contribution in [2.45, 2.75) is 18.4 Å². The minimum Gasteiger partial charge on any atom is -0.496 e. The van der Waals surface area contributed by atoms with Crippen LogP contribution in [0.1, 0.15) is 17.9 Å². The quantitative estimate of drug-likeness (QED) is 0.385. The number of likely N-dealkylation sites (tertiary alicyclic amines) is 1. The van der Waals surface area contributed by atoms with Crippen molar-refractivity contribution in [1.29, 1.82) is 0 Å². The molecule has 0 saturated carbocycles. The summed E-state index contributed by atoms with van der Waals surface area (Å²) in [6.07, 6.45) is 0.745. The summed E-state index contributed by atoms with van der Waals surface area (Å²) in [5.41, 5.74) is 1.10. The topological polar surface area (TPSA) is 115 Å². The van der Waals surface area contributed by atoms with Crippen molar-refractivity contribution in [3.63, 3.8) is 0 Å². The maximum atomic E-state index is 13.3. The molecule has 3 aromatic rings. The van der Waals surface area contributed by atoms with Crippen LogP contribution in [0.15, 0.2) is 44.0 Å². The Morgan fingerprint density at radius 2 is 1.97 bits per heavy atom. The number of likely N-dealkylation sites (N-methyl/N-ethyl adjacent to an activating group) is 1. The molecule has 0 spiro atoms. The average Bonchev–Trinajstić information content (AvgIpc) is 3.17. The van der Waals surface area contributed by atoms with Gasteiger partial charge in [-0.25, -0.2) is 0 Å². The van der Waals surface area contributed by atoms with Gasteiger partial charge in [0.05, 0.1) is 25.7 Å². The van der Waals surface area contributed by atoms with E-state index in [2.05, 4.69) is 20.8 Å². The van der Waals surface area contributed by atoms with Gasteiger partial charge in [0, 0.05) is 51.8 Å². The first kappa shape index (κ1) is 23.2. The molecule has 0 aliphatic carbocycles. The SMILES string of the molecule is COc1cc(OC)c2c(=O)cc(-c3ccc([N+](=O)[O-])cc3Br)oc2c1C1CCN(C)C1CO. The lowest BCUT2D eigenvalue weighted by atomic mass is 9.89. The summed E-state index contributed by atoms with van der Waals surface area (Å²) >= 11 is 3.35. The number of rotatable bonds is 6. The van der Waals surface area contributed by atoms with Crippen LogP contribution in [0.2, 0.25) is 0 Å². The number of aliphatic hydroxyl groups excluding tert-OH is 1. The highest BCUT2D eigenvalue weighted by atomic mass is 79.9. The molecule has 2 unspecified atom stereocenters. The van der Waals surface area contributed by atoms with Crippen LogP contribution in [0.4, 0.5) is 5.69 Å². The van der Waals surface area contributed by atoms with Crippen LogP contribution in [-0.2, 0) is 0 Å². The van der Waals surface area contributed by atoms with Crippen molar-refractivity contribution in [3.8, 4) is 22.8 Å². The molecule has 0 radical (unpaired) electrons. The van der Waals surface area contributed by atoms with Gasteiger partial charge in [-0.1, -0.05) is 0 Å². The molecule has 2 heterocycles. The van der Waals surface area contributed by atoms with Crippen LogP contribution >= 0.6 is 15.9 Å². The monoisotopic (exact) mass is 518 g/mol. The van der Waals surface area contributed by atoms with Gasteiger partial charge in [0.1, 0.15) is 28.2 Å². The molecule has 1 saturated heterocycles. The van der Waals surface area contributed by atoms with Crippen LogP contribution in [0.25, 0.3) is 22.3 Å². The first-order valence-corrected chi connectivity index (χ1v) is 11.1. The van der Waals surface area contributed by atoms with Gasteiger partial charge in [0.25, 0.3) is 5.69 Å². The van der Waals surface area contributed by atoms with Crippen molar-refractivity contribution < 1.29 is 23.9 Å². The Kier molecular flexibility index (Phi) is 6.42. The van der Waals surface area contributed by atoms with Gasteiger partial charge < -0.3 is 23.9 Å². The lowest BCUT2D eigenvalue weighted by Crippen LogP contribution is -2.32. The number of benzene rings is 2. The van der Waals surface area contributed by atoms with Crippen molar-refractivity contribution in [2.24, 2.45) is 0 Å². The van der Waals surface area contributed by atoms with Crippen molar-refractivity contribution in [1.82, 2.24) is 4.90 Å². The van der Waals surface area contributed by atoms with E-state index in [9.17, 15) is 20.0 Å². The molecule has 1 fully saturated rings. The van der Waals surface area contributed by atoms with Crippen LogP contribution in [0, 0.1) is 10.1 Å². The van der Waals surface area contributed by atoms with Crippen LogP contribution < -0.4 is 14.9 Å². The molecule has 33 heavy (non-hydrogen) atoms. The highest BCUT2D eigenvalue weighted by Gasteiger charge is 2.37. The molecule has 10 heteroatoms. The van der Waals surface area contributed by atoms with Crippen molar-refractivity contribution in [3.05, 3.63) is 60.7 Å². The fourth-order valence-corrected chi connectivity index (χ4v) is 5.10. The zero-order valence-corrected chi connectivity index (χ0v) is 19.9. The molecule has 2 atom stereocenters. The Bertz CT molecular complexity index is 1290. The standard InChI is InChI=1S/C23H23BrN2O7/c1-25-7-6-14(16(25)11-27)21-19(31-2)10-20(32-3)22-17(28)9-18(33-23(21)22)13-5-4-12(26(29)30)8-15(13)24/h4-5,8-10,14,16,27H,6-7,11H2,1-3H3. The van der Waals surface area contributed by atoms with Gasteiger partial charge in [-0.05, 0) is 42.0 Å². The lowest BCUT2D eigenvalue weighted by molar-refractivity contribution is -0.384. The van der Waals surface area contributed by atoms with Crippen LogP contribution in [0.3, 0.4) is 0 Å². The summed E-state index contributed by atoms with van der Waals surface area (Å²) in [4.78, 5) is 25.9. The third-order valence-corrected chi connectivity index (χ3v) is 6.87. The molecule has 4 rings (SSSR count). The first-order valence-electron chi connectivity index (χ1n) is 10.3. The fourth-order valence-electron chi connectivity index (χ4n) is 4.54. The molecule has 0 amide bonds. The second-order valence-electron chi connectivity index (χ2n) is 7.92. The maximum absolute atomic E-state index is 13.3. The van der Waals surface area contributed by atoms with Crippen molar-refractivity contribution >= 4 is 32.6 Å². The lowest BCUT2D eigenvalue weighted by Gasteiger charge is -2.25. The predicted octanol–water partition coefficient (Wildman–Crippen LogP) is 3.93. The van der Waals surface area contributed by atoms with Crippen molar-refractivity contribution in [2.75, 3.05) is 34.4 Å². The molecule has 1 N–H and O–H groups in total. The number of methoxy groups -OCH3 is 2. The van der Waals surface area contributed by atoms with Gasteiger partial charge in [-0.3, -0.25) is 14.9 Å². The number of nitrogens with zero attached hydrogens (tertiary/aromatic N) is 2. The number of ether oxygens (including phenoxy) is 2. The van der Waals surface area contributed by atoms with Gasteiger partial charge in [-0.2, -0.15) is 0 Å². The number of nitro groups is 1. The Labute approximate surface area is 197 Å². The zero-order chi connectivity index (χ0) is 23.9.